The molecule has 10 heteroatoms. The van der Waals surface area contributed by atoms with Gasteiger partial charge in [-0.3, -0.25) is 9.36 Å². The number of nitrogens with one attached hydrogen (secondary N) is 2. The fraction of sp³-hybridized carbons (Fsp3) is 0.400. The zero-order chi connectivity index (χ0) is 21.5. The fourth-order valence-electron chi connectivity index (χ4n) is 4.00. The van der Waals surface area contributed by atoms with Crippen molar-refractivity contribution in [2.24, 2.45) is 7.05 Å². The number of likely N-dealkylation sites (N-methyl/N-ethyl adjacent to an activating group) is 1. The third kappa shape index (κ3) is 4.28. The Bertz CT molecular complexity index is 1090. The first-order chi connectivity index (χ1) is 14.2. The standard InChI is InChI=1S/C20H22F3N5O2/c1-27-10-13(12-3-5-15(6-4-12)30-20(21,22)23)9-14(11-27)25-19-26-16-7-8-24-17(16)18(29)28(19)2/h3-8,13-14,24H,9-11H2,1-2H3,(H,25,26)/t13-,14+/m0/s1. The van der Waals surface area contributed by atoms with Gasteiger partial charge in [-0.2, -0.15) is 0 Å². The predicted octanol–water partition coefficient (Wildman–Crippen LogP) is 3.06. The molecule has 1 aliphatic rings. The molecule has 3 heterocycles. The van der Waals surface area contributed by atoms with Gasteiger partial charge in [-0.1, -0.05) is 12.1 Å². The summed E-state index contributed by atoms with van der Waals surface area (Å²) >= 11 is 0. The lowest BCUT2D eigenvalue weighted by atomic mass is 9.88. The Morgan fingerprint density at radius 1 is 1.17 bits per heavy atom. The van der Waals surface area contributed by atoms with Gasteiger partial charge in [-0.05, 0) is 43.1 Å². The fourth-order valence-corrected chi connectivity index (χ4v) is 4.00. The molecule has 3 aromatic rings. The summed E-state index contributed by atoms with van der Waals surface area (Å²) in [5.41, 5.74) is 1.84. The van der Waals surface area contributed by atoms with E-state index in [0.717, 1.165) is 25.1 Å². The number of fused-ring (bicyclic) bond motifs is 1. The van der Waals surface area contributed by atoms with Crippen molar-refractivity contribution in [3.05, 3.63) is 52.4 Å². The molecule has 0 amide bonds. The Hall–Kier alpha value is -3.01. The van der Waals surface area contributed by atoms with Gasteiger partial charge in [0.25, 0.3) is 5.56 Å². The lowest BCUT2D eigenvalue weighted by Crippen LogP contribution is -2.44. The minimum atomic E-state index is -4.70. The average Bonchev–Trinajstić information content (AvgIpc) is 3.13. The van der Waals surface area contributed by atoms with Crippen molar-refractivity contribution in [2.45, 2.75) is 24.7 Å². The second-order valence-electron chi connectivity index (χ2n) is 7.65. The van der Waals surface area contributed by atoms with Gasteiger partial charge < -0.3 is 19.9 Å². The van der Waals surface area contributed by atoms with Gasteiger partial charge in [-0.15, -0.1) is 13.2 Å². The highest BCUT2D eigenvalue weighted by molar-refractivity contribution is 5.75. The molecule has 0 bridgehead atoms. The quantitative estimate of drug-likeness (QED) is 0.677. The first-order valence-electron chi connectivity index (χ1n) is 9.54. The number of benzene rings is 1. The minimum absolute atomic E-state index is 0.0225. The summed E-state index contributed by atoms with van der Waals surface area (Å²) in [5.74, 6) is 0.373. The summed E-state index contributed by atoms with van der Waals surface area (Å²) in [6.45, 7) is 1.54. The van der Waals surface area contributed by atoms with E-state index in [1.807, 2.05) is 7.05 Å². The van der Waals surface area contributed by atoms with E-state index in [0.29, 0.717) is 17.0 Å². The monoisotopic (exact) mass is 421 g/mol. The lowest BCUT2D eigenvalue weighted by Gasteiger charge is -2.36. The summed E-state index contributed by atoms with van der Waals surface area (Å²) in [6.07, 6.45) is -2.27. The van der Waals surface area contributed by atoms with Crippen molar-refractivity contribution in [3.8, 4) is 5.75 Å². The summed E-state index contributed by atoms with van der Waals surface area (Å²) in [7, 11) is 3.66. The number of aromatic amines is 1. The molecule has 2 aromatic heterocycles. The van der Waals surface area contributed by atoms with Crippen molar-refractivity contribution in [1.29, 1.82) is 0 Å². The van der Waals surface area contributed by atoms with Gasteiger partial charge >= 0.3 is 6.36 Å². The largest absolute Gasteiger partial charge is 0.573 e. The zero-order valence-corrected chi connectivity index (χ0v) is 16.5. The van der Waals surface area contributed by atoms with Gasteiger partial charge in [0.2, 0.25) is 5.95 Å². The molecule has 0 saturated carbocycles. The van der Waals surface area contributed by atoms with E-state index in [-0.39, 0.29) is 23.3 Å². The molecular weight excluding hydrogens is 399 g/mol. The van der Waals surface area contributed by atoms with E-state index in [2.05, 4.69) is 24.9 Å². The topological polar surface area (TPSA) is 75.2 Å². The average molecular weight is 421 g/mol. The van der Waals surface area contributed by atoms with Crippen LogP contribution in [-0.2, 0) is 7.05 Å². The van der Waals surface area contributed by atoms with Gasteiger partial charge in [0.05, 0.1) is 5.52 Å². The molecule has 2 atom stereocenters. The van der Waals surface area contributed by atoms with Crippen LogP contribution >= 0.6 is 0 Å². The highest BCUT2D eigenvalue weighted by Gasteiger charge is 2.31. The van der Waals surface area contributed by atoms with Crippen LogP contribution in [0.1, 0.15) is 17.9 Å². The number of rotatable bonds is 4. The molecule has 0 aliphatic carbocycles. The van der Waals surface area contributed by atoms with Gasteiger partial charge in [-0.25, -0.2) is 4.98 Å². The highest BCUT2D eigenvalue weighted by atomic mass is 19.4. The Kier molecular flexibility index (Phi) is 5.19. The van der Waals surface area contributed by atoms with E-state index >= 15 is 0 Å². The first kappa shape index (κ1) is 20.3. The number of piperidine rings is 1. The third-order valence-electron chi connectivity index (χ3n) is 5.34. The number of halogens is 3. The number of likely N-dealkylation sites (tertiary alicyclic amines) is 1. The van der Waals surface area contributed by atoms with Crippen LogP contribution in [0, 0.1) is 0 Å². The maximum atomic E-state index is 12.5. The molecule has 1 aromatic carbocycles. The number of nitrogens with zero attached hydrogens (tertiary/aromatic N) is 3. The van der Waals surface area contributed by atoms with Gasteiger partial charge in [0, 0.05) is 32.4 Å². The van der Waals surface area contributed by atoms with Crippen LogP contribution in [0.4, 0.5) is 19.1 Å². The van der Waals surface area contributed by atoms with Gasteiger partial charge in [0.15, 0.2) is 0 Å². The maximum absolute atomic E-state index is 12.5. The van der Waals surface area contributed by atoms with E-state index in [1.54, 1.807) is 31.4 Å². The lowest BCUT2D eigenvalue weighted by molar-refractivity contribution is -0.274. The molecular formula is C20H22F3N5O2. The van der Waals surface area contributed by atoms with E-state index in [1.165, 1.54) is 16.7 Å². The SMILES string of the molecule is CN1C[C@H](Nc2nc3cc[nH]c3c(=O)n2C)C[C@H](c2ccc(OC(F)(F)F)cc2)C1. The van der Waals surface area contributed by atoms with Gasteiger partial charge in [0.1, 0.15) is 11.3 Å². The molecule has 0 radical (unpaired) electrons. The number of H-pyrrole nitrogens is 1. The van der Waals surface area contributed by atoms with Crippen molar-refractivity contribution >= 4 is 17.0 Å². The summed E-state index contributed by atoms with van der Waals surface area (Å²) in [4.78, 5) is 22.1. The first-order valence-corrected chi connectivity index (χ1v) is 9.54. The van der Waals surface area contributed by atoms with E-state index in [9.17, 15) is 18.0 Å². The third-order valence-corrected chi connectivity index (χ3v) is 5.34. The molecule has 1 aliphatic heterocycles. The van der Waals surface area contributed by atoms with Crippen LogP contribution in [-0.4, -0.2) is 52.0 Å². The number of hydrogen-bond acceptors (Lipinski definition) is 5. The minimum Gasteiger partial charge on any atom is -0.406 e. The van der Waals surface area contributed by atoms with E-state index in [4.69, 9.17) is 0 Å². The normalized spacial score (nSPS) is 20.4. The maximum Gasteiger partial charge on any atom is 0.573 e. The second-order valence-corrected chi connectivity index (χ2v) is 7.65. The Balaban J connectivity index is 1.51. The van der Waals surface area contributed by atoms with E-state index < -0.39 is 6.36 Å². The number of alkyl halides is 3. The van der Waals surface area contributed by atoms with Crippen LogP contribution < -0.4 is 15.6 Å². The summed E-state index contributed by atoms with van der Waals surface area (Å²) in [5, 5.41) is 3.37. The predicted molar refractivity (Wildman–Crippen MR) is 107 cm³/mol. The number of aromatic nitrogens is 3. The molecule has 0 spiro atoms. The van der Waals surface area contributed by atoms with Crippen LogP contribution in [0.2, 0.25) is 0 Å². The number of anilines is 1. The summed E-state index contributed by atoms with van der Waals surface area (Å²) in [6, 6.07) is 7.79. The summed E-state index contributed by atoms with van der Waals surface area (Å²) < 4.78 is 42.6. The van der Waals surface area contributed by atoms with Crippen LogP contribution in [0.25, 0.3) is 11.0 Å². The van der Waals surface area contributed by atoms with Crippen LogP contribution in [0.15, 0.2) is 41.3 Å². The van der Waals surface area contributed by atoms with Crippen molar-refractivity contribution in [3.63, 3.8) is 0 Å². The van der Waals surface area contributed by atoms with Crippen LogP contribution in [0.3, 0.4) is 0 Å². The zero-order valence-electron chi connectivity index (χ0n) is 16.5. The number of ether oxygens (including phenoxy) is 1. The molecule has 2 N–H and O–H groups in total. The Labute approximate surface area is 170 Å². The highest BCUT2D eigenvalue weighted by Crippen LogP contribution is 2.30. The molecule has 0 unspecified atom stereocenters. The molecule has 160 valence electrons. The second kappa shape index (κ2) is 7.67. The van der Waals surface area contributed by atoms with Crippen molar-refractivity contribution < 1.29 is 17.9 Å². The van der Waals surface area contributed by atoms with Crippen LogP contribution in [0.5, 0.6) is 5.75 Å². The Morgan fingerprint density at radius 2 is 1.90 bits per heavy atom. The molecule has 7 nitrogen and oxygen atoms in total. The number of hydrogen-bond donors (Lipinski definition) is 2. The molecule has 1 saturated heterocycles. The van der Waals surface area contributed by atoms with Crippen molar-refractivity contribution in [1.82, 2.24) is 19.4 Å². The van der Waals surface area contributed by atoms with Crippen molar-refractivity contribution in [2.75, 3.05) is 25.5 Å². The molecule has 1 fully saturated rings. The molecule has 30 heavy (non-hydrogen) atoms. The Morgan fingerprint density at radius 3 is 2.60 bits per heavy atom. The smallest absolute Gasteiger partial charge is 0.406 e. The molecule has 4 rings (SSSR count).